The topological polar surface area (TPSA) is 63.3 Å². The normalized spacial score (nSPS) is 12.3. The Kier molecular flexibility index (Phi) is 6.01. The lowest BCUT2D eigenvalue weighted by molar-refractivity contribution is -0.136. The molecule has 0 aromatic heterocycles. The molecule has 0 saturated carbocycles. The van der Waals surface area contributed by atoms with Gasteiger partial charge in [0.25, 0.3) is 0 Å². The third-order valence-corrected chi connectivity index (χ3v) is 1.47. The number of rotatable bonds is 5. The zero-order chi connectivity index (χ0) is 9.40. The van der Waals surface area contributed by atoms with Gasteiger partial charge in [-0.1, -0.05) is 23.8 Å². The van der Waals surface area contributed by atoms with Gasteiger partial charge in [0.15, 0.2) is 0 Å². The van der Waals surface area contributed by atoms with Crippen LogP contribution in [0, 0.1) is 0 Å². The molecule has 0 amide bonds. The number of carbonyl (C=O) groups is 1. The summed E-state index contributed by atoms with van der Waals surface area (Å²) in [5.41, 5.74) is 6.27. The van der Waals surface area contributed by atoms with E-state index in [1.54, 1.807) is 0 Å². The van der Waals surface area contributed by atoms with Crippen LogP contribution in [0.3, 0.4) is 0 Å². The van der Waals surface area contributed by atoms with Crippen molar-refractivity contribution in [2.45, 2.75) is 19.8 Å². The van der Waals surface area contributed by atoms with E-state index in [9.17, 15) is 4.79 Å². The molecule has 0 aliphatic heterocycles. The first-order valence-electron chi connectivity index (χ1n) is 3.94. The Labute approximate surface area is 72.6 Å². The van der Waals surface area contributed by atoms with E-state index in [0.29, 0.717) is 13.0 Å². The maximum absolute atomic E-state index is 10.2. The third kappa shape index (κ3) is 5.68. The second-order valence-corrected chi connectivity index (χ2v) is 2.40. The molecule has 0 fully saturated rings. The fourth-order valence-electron chi connectivity index (χ4n) is 0.795. The number of hydrogen-bond donors (Lipinski definition) is 2. The molecule has 0 atom stereocenters. The van der Waals surface area contributed by atoms with Crippen molar-refractivity contribution >= 4 is 5.97 Å². The van der Waals surface area contributed by atoms with Crippen molar-refractivity contribution in [2.24, 2.45) is 5.73 Å². The summed E-state index contributed by atoms with van der Waals surface area (Å²) in [5, 5.41) is 8.41. The number of hydrogen-bond acceptors (Lipinski definition) is 2. The van der Waals surface area contributed by atoms with Gasteiger partial charge in [0.2, 0.25) is 0 Å². The van der Waals surface area contributed by atoms with Gasteiger partial charge in [0, 0.05) is 13.0 Å². The highest BCUT2D eigenvalue weighted by Crippen LogP contribution is 2.05. The summed E-state index contributed by atoms with van der Waals surface area (Å²) < 4.78 is 0. The minimum Gasteiger partial charge on any atom is -0.481 e. The van der Waals surface area contributed by atoms with Gasteiger partial charge in [-0.3, -0.25) is 4.79 Å². The molecular weight excluding hydrogens is 154 g/mol. The van der Waals surface area contributed by atoms with Crippen molar-refractivity contribution in [3.63, 3.8) is 0 Å². The van der Waals surface area contributed by atoms with E-state index in [1.807, 2.05) is 25.2 Å². The molecule has 0 radical (unpaired) electrons. The monoisotopic (exact) mass is 169 g/mol. The Hall–Kier alpha value is -1.09. The molecule has 3 nitrogen and oxygen atoms in total. The summed E-state index contributed by atoms with van der Waals surface area (Å²) >= 11 is 0. The van der Waals surface area contributed by atoms with Gasteiger partial charge in [0.1, 0.15) is 0 Å². The predicted molar refractivity (Wildman–Crippen MR) is 48.8 cm³/mol. The molecule has 0 aromatic carbocycles. The van der Waals surface area contributed by atoms with Crippen LogP contribution in [-0.4, -0.2) is 17.6 Å². The van der Waals surface area contributed by atoms with E-state index in [0.717, 1.165) is 5.57 Å². The van der Waals surface area contributed by atoms with E-state index in [2.05, 4.69) is 0 Å². The Bertz CT molecular complexity index is 195. The van der Waals surface area contributed by atoms with Crippen LogP contribution in [0.2, 0.25) is 0 Å². The SMILES string of the molecule is C/C=C(\C=C/CN)CCC(=O)O. The molecule has 3 heteroatoms. The predicted octanol–water partition coefficient (Wildman–Crippen LogP) is 1.31. The van der Waals surface area contributed by atoms with Gasteiger partial charge in [-0.15, -0.1) is 0 Å². The Morgan fingerprint density at radius 3 is 2.58 bits per heavy atom. The first-order chi connectivity index (χ1) is 5.70. The largest absolute Gasteiger partial charge is 0.481 e. The van der Waals surface area contributed by atoms with Crippen molar-refractivity contribution in [3.8, 4) is 0 Å². The molecule has 0 heterocycles. The summed E-state index contributed by atoms with van der Waals surface area (Å²) in [6.07, 6.45) is 6.33. The molecule has 0 aromatic rings. The van der Waals surface area contributed by atoms with Gasteiger partial charge in [-0.05, 0) is 13.3 Å². The Morgan fingerprint density at radius 1 is 1.50 bits per heavy atom. The molecule has 0 unspecified atom stereocenters. The van der Waals surface area contributed by atoms with Crippen LogP contribution in [0.15, 0.2) is 23.8 Å². The standard InChI is InChI=1S/C9H15NO2/c1-2-8(4-3-7-10)5-6-9(11)12/h2-4H,5-7,10H2,1H3,(H,11,12)/b4-3-,8-2+. The molecule has 0 aliphatic carbocycles. The Balaban J connectivity index is 3.85. The lowest BCUT2D eigenvalue weighted by Gasteiger charge is -1.97. The van der Waals surface area contributed by atoms with E-state index in [4.69, 9.17) is 10.8 Å². The first-order valence-corrected chi connectivity index (χ1v) is 3.94. The van der Waals surface area contributed by atoms with Crippen molar-refractivity contribution in [3.05, 3.63) is 23.8 Å². The van der Waals surface area contributed by atoms with Crippen LogP contribution in [0.1, 0.15) is 19.8 Å². The summed E-state index contributed by atoms with van der Waals surface area (Å²) in [4.78, 5) is 10.2. The molecule has 0 aliphatic rings. The van der Waals surface area contributed by atoms with Crippen molar-refractivity contribution in [1.29, 1.82) is 0 Å². The van der Waals surface area contributed by atoms with Gasteiger partial charge in [-0.2, -0.15) is 0 Å². The highest BCUT2D eigenvalue weighted by molar-refractivity contribution is 5.67. The fourth-order valence-corrected chi connectivity index (χ4v) is 0.795. The minimum atomic E-state index is -0.768. The number of nitrogens with two attached hydrogens (primary N) is 1. The van der Waals surface area contributed by atoms with E-state index in [-0.39, 0.29) is 6.42 Å². The van der Waals surface area contributed by atoms with Crippen molar-refractivity contribution in [1.82, 2.24) is 0 Å². The number of carboxylic acids is 1. The van der Waals surface area contributed by atoms with Crippen molar-refractivity contribution in [2.75, 3.05) is 6.54 Å². The second-order valence-electron chi connectivity index (χ2n) is 2.40. The zero-order valence-corrected chi connectivity index (χ0v) is 7.29. The Morgan fingerprint density at radius 2 is 2.17 bits per heavy atom. The molecule has 0 bridgehead atoms. The lowest BCUT2D eigenvalue weighted by Crippen LogP contribution is -1.96. The number of aliphatic carboxylic acids is 1. The smallest absolute Gasteiger partial charge is 0.303 e. The summed E-state index contributed by atoms with van der Waals surface area (Å²) in [5.74, 6) is -0.768. The lowest BCUT2D eigenvalue weighted by atomic mass is 10.1. The summed E-state index contributed by atoms with van der Waals surface area (Å²) in [7, 11) is 0. The van der Waals surface area contributed by atoms with E-state index < -0.39 is 5.97 Å². The molecule has 0 rings (SSSR count). The average Bonchev–Trinajstić information content (AvgIpc) is 2.05. The third-order valence-electron chi connectivity index (χ3n) is 1.47. The summed E-state index contributed by atoms with van der Waals surface area (Å²) in [6, 6.07) is 0. The zero-order valence-electron chi connectivity index (χ0n) is 7.29. The average molecular weight is 169 g/mol. The number of allylic oxidation sites excluding steroid dienone is 3. The van der Waals surface area contributed by atoms with Gasteiger partial charge in [-0.25, -0.2) is 0 Å². The quantitative estimate of drug-likeness (QED) is 0.610. The highest BCUT2D eigenvalue weighted by atomic mass is 16.4. The molecule has 12 heavy (non-hydrogen) atoms. The minimum absolute atomic E-state index is 0.175. The van der Waals surface area contributed by atoms with Gasteiger partial charge >= 0.3 is 5.97 Å². The summed E-state index contributed by atoms with van der Waals surface area (Å²) in [6.45, 7) is 2.38. The van der Waals surface area contributed by atoms with Crippen LogP contribution in [0.25, 0.3) is 0 Å². The molecular formula is C9H15NO2. The van der Waals surface area contributed by atoms with E-state index in [1.165, 1.54) is 0 Å². The fraction of sp³-hybridized carbons (Fsp3) is 0.444. The van der Waals surface area contributed by atoms with Crippen molar-refractivity contribution < 1.29 is 9.90 Å². The van der Waals surface area contributed by atoms with Crippen LogP contribution in [0.5, 0.6) is 0 Å². The number of carboxylic acid groups (broad SMARTS) is 1. The maximum atomic E-state index is 10.2. The van der Waals surface area contributed by atoms with Gasteiger partial charge in [0.05, 0.1) is 0 Å². The molecule has 0 spiro atoms. The van der Waals surface area contributed by atoms with Crippen LogP contribution >= 0.6 is 0 Å². The van der Waals surface area contributed by atoms with Crippen LogP contribution in [0.4, 0.5) is 0 Å². The molecule has 68 valence electrons. The van der Waals surface area contributed by atoms with E-state index >= 15 is 0 Å². The molecule has 0 saturated heterocycles. The van der Waals surface area contributed by atoms with Crippen LogP contribution < -0.4 is 5.73 Å². The second kappa shape index (κ2) is 6.61. The maximum Gasteiger partial charge on any atom is 0.303 e. The molecule has 3 N–H and O–H groups in total. The highest BCUT2D eigenvalue weighted by Gasteiger charge is 1.97. The van der Waals surface area contributed by atoms with Crippen LogP contribution in [-0.2, 0) is 4.79 Å². The van der Waals surface area contributed by atoms with Gasteiger partial charge < -0.3 is 10.8 Å². The first kappa shape index (κ1) is 10.9.